The standard InChI is InChI=1S/C17H30N2O4S/c1-17(2,3)23-16(20)18-14-6-5-12-10-15(11-13(12)9-14)19-7-4-8-24(19,21)22/h12-15H,4-11H2,1-3H3,(H,18,20)/t12?,13-,14+,15-/m1/s1. The largest absolute Gasteiger partial charge is 0.444 e. The molecule has 1 heterocycles. The van der Waals surface area contributed by atoms with E-state index in [1.807, 2.05) is 20.8 Å². The molecule has 0 aromatic heterocycles. The number of ether oxygens (including phenoxy) is 1. The van der Waals surface area contributed by atoms with Crippen LogP contribution < -0.4 is 5.32 Å². The van der Waals surface area contributed by atoms with Crippen molar-refractivity contribution in [1.29, 1.82) is 0 Å². The number of fused-ring (bicyclic) bond motifs is 1. The third-order valence-electron chi connectivity index (χ3n) is 5.56. The van der Waals surface area contributed by atoms with E-state index in [0.717, 1.165) is 38.5 Å². The molecule has 1 saturated heterocycles. The van der Waals surface area contributed by atoms with Gasteiger partial charge in [-0.1, -0.05) is 0 Å². The van der Waals surface area contributed by atoms with Gasteiger partial charge < -0.3 is 10.1 Å². The summed E-state index contributed by atoms with van der Waals surface area (Å²) in [5.41, 5.74) is -0.482. The molecule has 1 aliphatic heterocycles. The van der Waals surface area contributed by atoms with E-state index in [4.69, 9.17) is 4.74 Å². The summed E-state index contributed by atoms with van der Waals surface area (Å²) in [4.78, 5) is 12.0. The second kappa shape index (κ2) is 6.48. The molecule has 3 aliphatic rings. The molecule has 1 unspecified atom stereocenters. The number of sulfonamides is 1. The Morgan fingerprint density at radius 2 is 1.83 bits per heavy atom. The lowest BCUT2D eigenvalue weighted by molar-refractivity contribution is 0.0476. The van der Waals surface area contributed by atoms with Crippen LogP contribution in [0.3, 0.4) is 0 Å². The van der Waals surface area contributed by atoms with Crippen LogP contribution in [0.1, 0.15) is 59.3 Å². The Bertz CT molecular complexity index is 584. The molecule has 3 fully saturated rings. The zero-order chi connectivity index (χ0) is 17.5. The molecule has 0 spiro atoms. The first-order valence-corrected chi connectivity index (χ1v) is 10.7. The average molecular weight is 359 g/mol. The second-order valence-electron chi connectivity index (χ2n) is 8.58. The Hall–Kier alpha value is -0.820. The molecule has 0 bridgehead atoms. The minimum absolute atomic E-state index is 0.148. The highest BCUT2D eigenvalue weighted by atomic mass is 32.2. The molecule has 0 aromatic carbocycles. The van der Waals surface area contributed by atoms with Crippen molar-refractivity contribution < 1.29 is 17.9 Å². The van der Waals surface area contributed by atoms with Gasteiger partial charge in [-0.25, -0.2) is 13.2 Å². The predicted molar refractivity (Wildman–Crippen MR) is 92.1 cm³/mol. The Kier molecular flexibility index (Phi) is 4.86. The number of alkyl carbamates (subject to hydrolysis) is 1. The average Bonchev–Trinajstić information content (AvgIpc) is 2.98. The monoisotopic (exact) mass is 358 g/mol. The first-order chi connectivity index (χ1) is 11.1. The van der Waals surface area contributed by atoms with Crippen LogP contribution in [0.5, 0.6) is 0 Å². The summed E-state index contributed by atoms with van der Waals surface area (Å²) in [6.45, 7) is 6.27. The molecule has 0 radical (unpaired) electrons. The van der Waals surface area contributed by atoms with Crippen LogP contribution in [0.15, 0.2) is 0 Å². The topological polar surface area (TPSA) is 75.7 Å². The normalized spacial score (nSPS) is 36.3. The molecule has 1 N–H and O–H groups in total. The van der Waals surface area contributed by atoms with Crippen molar-refractivity contribution in [1.82, 2.24) is 9.62 Å². The predicted octanol–water partition coefficient (Wildman–Crippen LogP) is 2.49. The summed E-state index contributed by atoms with van der Waals surface area (Å²) in [6, 6.07) is 0.322. The van der Waals surface area contributed by atoms with Crippen LogP contribution in [0, 0.1) is 11.8 Å². The van der Waals surface area contributed by atoms with Gasteiger partial charge >= 0.3 is 6.09 Å². The van der Waals surface area contributed by atoms with Gasteiger partial charge in [0, 0.05) is 18.6 Å². The van der Waals surface area contributed by atoms with Gasteiger partial charge in [0.15, 0.2) is 0 Å². The Morgan fingerprint density at radius 3 is 2.46 bits per heavy atom. The highest BCUT2D eigenvalue weighted by Crippen LogP contribution is 2.45. The third-order valence-corrected chi connectivity index (χ3v) is 7.56. The molecule has 4 atom stereocenters. The van der Waals surface area contributed by atoms with Crippen LogP contribution >= 0.6 is 0 Å². The van der Waals surface area contributed by atoms with Gasteiger partial charge in [0.25, 0.3) is 0 Å². The maximum Gasteiger partial charge on any atom is 0.407 e. The fraction of sp³-hybridized carbons (Fsp3) is 0.941. The van der Waals surface area contributed by atoms with E-state index in [9.17, 15) is 13.2 Å². The summed E-state index contributed by atoms with van der Waals surface area (Å²) < 4.78 is 31.4. The van der Waals surface area contributed by atoms with Gasteiger partial charge in [0.1, 0.15) is 5.60 Å². The smallest absolute Gasteiger partial charge is 0.407 e. The Balaban J connectivity index is 1.54. The number of carbonyl (C=O) groups is 1. The molecule has 24 heavy (non-hydrogen) atoms. The van der Waals surface area contributed by atoms with E-state index in [-0.39, 0.29) is 18.2 Å². The summed E-state index contributed by atoms with van der Waals surface area (Å²) in [5.74, 6) is 1.42. The van der Waals surface area contributed by atoms with E-state index in [1.54, 1.807) is 4.31 Å². The van der Waals surface area contributed by atoms with Gasteiger partial charge in [-0.05, 0) is 71.1 Å². The zero-order valence-corrected chi connectivity index (χ0v) is 15.8. The van der Waals surface area contributed by atoms with E-state index in [0.29, 0.717) is 24.1 Å². The maximum atomic E-state index is 12.1. The maximum absolute atomic E-state index is 12.1. The number of nitrogens with one attached hydrogen (secondary N) is 1. The lowest BCUT2D eigenvalue weighted by Gasteiger charge is -2.32. The molecule has 6 nitrogen and oxygen atoms in total. The Labute approximate surface area is 145 Å². The zero-order valence-electron chi connectivity index (χ0n) is 15.0. The van der Waals surface area contributed by atoms with E-state index < -0.39 is 15.6 Å². The fourth-order valence-corrected chi connectivity index (χ4v) is 6.39. The van der Waals surface area contributed by atoms with Crippen LogP contribution in [0.4, 0.5) is 4.79 Å². The van der Waals surface area contributed by atoms with Crippen LogP contribution in [-0.4, -0.2) is 48.8 Å². The quantitative estimate of drug-likeness (QED) is 0.823. The Morgan fingerprint density at radius 1 is 1.12 bits per heavy atom. The number of amides is 1. The van der Waals surface area contributed by atoms with Crippen molar-refractivity contribution in [3.8, 4) is 0 Å². The molecule has 2 aliphatic carbocycles. The number of carbonyl (C=O) groups excluding carboxylic acids is 1. The molecule has 0 aromatic rings. The highest BCUT2D eigenvalue weighted by Gasteiger charge is 2.45. The first-order valence-electron chi connectivity index (χ1n) is 9.13. The van der Waals surface area contributed by atoms with Gasteiger partial charge in [0.2, 0.25) is 10.0 Å². The van der Waals surface area contributed by atoms with Crippen molar-refractivity contribution in [2.24, 2.45) is 11.8 Å². The van der Waals surface area contributed by atoms with Crippen LogP contribution in [0.2, 0.25) is 0 Å². The van der Waals surface area contributed by atoms with Crippen molar-refractivity contribution in [3.63, 3.8) is 0 Å². The molecule has 3 rings (SSSR count). The lowest BCUT2D eigenvalue weighted by atomic mass is 9.79. The van der Waals surface area contributed by atoms with E-state index in [2.05, 4.69) is 5.32 Å². The molecule has 138 valence electrons. The second-order valence-corrected chi connectivity index (χ2v) is 10.6. The van der Waals surface area contributed by atoms with Gasteiger partial charge in [-0.15, -0.1) is 0 Å². The summed E-state index contributed by atoms with van der Waals surface area (Å²) in [7, 11) is -3.02. The minimum Gasteiger partial charge on any atom is -0.444 e. The fourth-order valence-electron chi connectivity index (χ4n) is 4.63. The summed E-state index contributed by atoms with van der Waals surface area (Å²) in [6.07, 6.45) is 5.31. The van der Waals surface area contributed by atoms with Crippen molar-refractivity contribution in [2.75, 3.05) is 12.3 Å². The minimum atomic E-state index is -3.02. The number of hydrogen-bond donors (Lipinski definition) is 1. The van der Waals surface area contributed by atoms with Crippen molar-refractivity contribution in [3.05, 3.63) is 0 Å². The van der Waals surface area contributed by atoms with Crippen LogP contribution in [0.25, 0.3) is 0 Å². The molecule has 1 amide bonds. The summed E-state index contributed by atoms with van der Waals surface area (Å²) in [5, 5.41) is 3.00. The third kappa shape index (κ3) is 4.04. The SMILES string of the molecule is CC(C)(C)OC(=O)N[C@H]1CCC2C[C@@H](N3CCCS3(=O)=O)C[C@H]2C1. The van der Waals surface area contributed by atoms with Gasteiger partial charge in [-0.3, -0.25) is 0 Å². The number of rotatable bonds is 2. The van der Waals surface area contributed by atoms with Crippen molar-refractivity contribution in [2.45, 2.75) is 77.0 Å². The number of hydrogen-bond acceptors (Lipinski definition) is 4. The van der Waals surface area contributed by atoms with Crippen LogP contribution in [-0.2, 0) is 14.8 Å². The van der Waals surface area contributed by atoms with E-state index in [1.165, 1.54) is 0 Å². The molecular formula is C17H30N2O4S. The number of nitrogens with zero attached hydrogens (tertiary/aromatic N) is 1. The lowest BCUT2D eigenvalue weighted by Crippen LogP contribution is -2.42. The van der Waals surface area contributed by atoms with Crippen molar-refractivity contribution >= 4 is 16.1 Å². The molecule has 2 saturated carbocycles. The van der Waals surface area contributed by atoms with Gasteiger partial charge in [0.05, 0.1) is 5.75 Å². The molecule has 7 heteroatoms. The molecular weight excluding hydrogens is 328 g/mol. The highest BCUT2D eigenvalue weighted by molar-refractivity contribution is 7.89. The van der Waals surface area contributed by atoms with E-state index >= 15 is 0 Å². The first kappa shape index (κ1) is 18.0. The summed E-state index contributed by atoms with van der Waals surface area (Å²) >= 11 is 0. The van der Waals surface area contributed by atoms with Gasteiger partial charge in [-0.2, -0.15) is 4.31 Å².